The molecule has 1 N–H and O–H groups in total. The molecule has 0 aliphatic heterocycles. The molecule has 0 aromatic carbocycles. The molecule has 1 aliphatic carbocycles. The first-order valence-electron chi connectivity index (χ1n) is 7.80. The summed E-state index contributed by atoms with van der Waals surface area (Å²) >= 11 is 1.96. The fourth-order valence-corrected chi connectivity index (χ4v) is 4.02. The quantitative estimate of drug-likeness (QED) is 0.817. The minimum Gasteiger partial charge on any atom is -0.309 e. The SMILES string of the molecule is CCc1ccc(CNC2CCC(C(C)(C)C)CC2)s1. The Morgan fingerprint density at radius 3 is 2.26 bits per heavy atom. The van der Waals surface area contributed by atoms with Crippen molar-refractivity contribution in [1.29, 1.82) is 0 Å². The van der Waals surface area contributed by atoms with Crippen LogP contribution in [0.1, 0.15) is 63.1 Å². The largest absolute Gasteiger partial charge is 0.309 e. The molecule has 1 saturated carbocycles. The first kappa shape index (κ1) is 15.1. The second-order valence-electron chi connectivity index (χ2n) is 7.02. The normalized spacial score (nSPS) is 24.6. The molecular weight excluding hydrogens is 250 g/mol. The van der Waals surface area contributed by atoms with Crippen LogP contribution in [0.25, 0.3) is 0 Å². The van der Waals surface area contributed by atoms with Gasteiger partial charge in [0.05, 0.1) is 0 Å². The van der Waals surface area contributed by atoms with E-state index in [1.807, 2.05) is 11.3 Å². The van der Waals surface area contributed by atoms with Crippen LogP contribution in [0.2, 0.25) is 0 Å². The fourth-order valence-electron chi connectivity index (χ4n) is 3.12. The molecule has 1 heterocycles. The van der Waals surface area contributed by atoms with Gasteiger partial charge in [-0.25, -0.2) is 0 Å². The highest BCUT2D eigenvalue weighted by Crippen LogP contribution is 2.37. The van der Waals surface area contributed by atoms with Crippen molar-refractivity contribution in [3.63, 3.8) is 0 Å². The Morgan fingerprint density at radius 2 is 1.74 bits per heavy atom. The van der Waals surface area contributed by atoms with Crippen LogP contribution in [-0.4, -0.2) is 6.04 Å². The van der Waals surface area contributed by atoms with E-state index in [0.29, 0.717) is 5.41 Å². The van der Waals surface area contributed by atoms with Gasteiger partial charge in [0.15, 0.2) is 0 Å². The molecule has 0 spiro atoms. The van der Waals surface area contributed by atoms with E-state index >= 15 is 0 Å². The van der Waals surface area contributed by atoms with Crippen molar-refractivity contribution in [1.82, 2.24) is 5.32 Å². The van der Waals surface area contributed by atoms with Crippen LogP contribution in [0, 0.1) is 11.3 Å². The Bertz CT molecular complexity index is 380. The van der Waals surface area contributed by atoms with E-state index < -0.39 is 0 Å². The highest BCUT2D eigenvalue weighted by atomic mass is 32.1. The van der Waals surface area contributed by atoms with Gasteiger partial charge in [-0.15, -0.1) is 11.3 Å². The van der Waals surface area contributed by atoms with Crippen LogP contribution < -0.4 is 5.32 Å². The average molecular weight is 279 g/mol. The van der Waals surface area contributed by atoms with Gasteiger partial charge < -0.3 is 5.32 Å². The maximum Gasteiger partial charge on any atom is 0.0302 e. The third-order valence-electron chi connectivity index (χ3n) is 4.58. The second-order valence-corrected chi connectivity index (χ2v) is 8.27. The Morgan fingerprint density at radius 1 is 1.11 bits per heavy atom. The Labute approximate surface area is 122 Å². The third kappa shape index (κ3) is 4.32. The number of hydrogen-bond acceptors (Lipinski definition) is 2. The van der Waals surface area contributed by atoms with Crippen LogP contribution in [0.15, 0.2) is 12.1 Å². The molecule has 0 saturated heterocycles. The van der Waals surface area contributed by atoms with Gasteiger partial charge >= 0.3 is 0 Å². The Kier molecular flexibility index (Phi) is 5.08. The van der Waals surface area contributed by atoms with Crippen molar-refractivity contribution in [3.8, 4) is 0 Å². The first-order chi connectivity index (χ1) is 8.99. The van der Waals surface area contributed by atoms with E-state index in [1.165, 1.54) is 41.9 Å². The lowest BCUT2D eigenvalue weighted by Gasteiger charge is -2.37. The summed E-state index contributed by atoms with van der Waals surface area (Å²) in [7, 11) is 0. The first-order valence-corrected chi connectivity index (χ1v) is 8.61. The van der Waals surface area contributed by atoms with Gasteiger partial charge in [-0.05, 0) is 55.6 Å². The van der Waals surface area contributed by atoms with Crippen molar-refractivity contribution >= 4 is 11.3 Å². The van der Waals surface area contributed by atoms with Crippen molar-refractivity contribution in [2.45, 2.75) is 72.4 Å². The molecule has 1 aromatic rings. The van der Waals surface area contributed by atoms with Crippen molar-refractivity contribution in [2.24, 2.45) is 11.3 Å². The fraction of sp³-hybridized carbons (Fsp3) is 0.765. The molecular formula is C17H29NS. The van der Waals surface area contributed by atoms with E-state index in [4.69, 9.17) is 0 Å². The zero-order chi connectivity index (χ0) is 13.9. The summed E-state index contributed by atoms with van der Waals surface area (Å²) in [6.07, 6.45) is 6.67. The summed E-state index contributed by atoms with van der Waals surface area (Å²) in [6, 6.07) is 5.31. The second kappa shape index (κ2) is 6.41. The number of rotatable bonds is 4. The van der Waals surface area contributed by atoms with Gasteiger partial charge in [0.25, 0.3) is 0 Å². The predicted octanol–water partition coefficient (Wildman–Crippen LogP) is 5.01. The molecule has 0 radical (unpaired) electrons. The van der Waals surface area contributed by atoms with Gasteiger partial charge in [0, 0.05) is 22.3 Å². The summed E-state index contributed by atoms with van der Waals surface area (Å²) < 4.78 is 0. The van der Waals surface area contributed by atoms with Gasteiger partial charge in [0.2, 0.25) is 0 Å². The molecule has 108 valence electrons. The number of aryl methyl sites for hydroxylation is 1. The monoisotopic (exact) mass is 279 g/mol. The number of hydrogen-bond donors (Lipinski definition) is 1. The van der Waals surface area contributed by atoms with E-state index in [2.05, 4.69) is 45.1 Å². The topological polar surface area (TPSA) is 12.0 Å². The van der Waals surface area contributed by atoms with E-state index in [1.54, 1.807) is 0 Å². The molecule has 0 bridgehead atoms. The molecule has 1 fully saturated rings. The molecule has 19 heavy (non-hydrogen) atoms. The zero-order valence-electron chi connectivity index (χ0n) is 13.0. The molecule has 2 rings (SSSR count). The summed E-state index contributed by atoms with van der Waals surface area (Å²) in [5.41, 5.74) is 0.495. The minimum absolute atomic E-state index is 0.495. The molecule has 0 unspecified atom stereocenters. The van der Waals surface area contributed by atoms with Crippen LogP contribution in [0.5, 0.6) is 0 Å². The van der Waals surface area contributed by atoms with E-state index in [9.17, 15) is 0 Å². The van der Waals surface area contributed by atoms with Gasteiger partial charge in [0.1, 0.15) is 0 Å². The number of thiophene rings is 1. The maximum absolute atomic E-state index is 3.76. The summed E-state index contributed by atoms with van der Waals surface area (Å²) in [6.45, 7) is 10.5. The van der Waals surface area contributed by atoms with Crippen LogP contribution in [-0.2, 0) is 13.0 Å². The van der Waals surface area contributed by atoms with Crippen molar-refractivity contribution < 1.29 is 0 Å². The van der Waals surface area contributed by atoms with Crippen LogP contribution in [0.3, 0.4) is 0 Å². The number of nitrogens with one attached hydrogen (secondary N) is 1. The Balaban J connectivity index is 1.74. The predicted molar refractivity (Wildman–Crippen MR) is 85.7 cm³/mol. The van der Waals surface area contributed by atoms with Crippen LogP contribution in [0.4, 0.5) is 0 Å². The lowest BCUT2D eigenvalue weighted by molar-refractivity contribution is 0.160. The average Bonchev–Trinajstić information content (AvgIpc) is 2.84. The summed E-state index contributed by atoms with van der Waals surface area (Å²) in [4.78, 5) is 3.00. The standard InChI is InChI=1S/C17H29NS/c1-5-15-10-11-16(19-15)12-18-14-8-6-13(7-9-14)17(2,3)4/h10-11,13-14,18H,5-9,12H2,1-4H3. The zero-order valence-corrected chi connectivity index (χ0v) is 13.8. The van der Waals surface area contributed by atoms with E-state index in [0.717, 1.165) is 18.5 Å². The highest BCUT2D eigenvalue weighted by Gasteiger charge is 2.29. The van der Waals surface area contributed by atoms with Gasteiger partial charge in [-0.3, -0.25) is 0 Å². The molecule has 0 amide bonds. The van der Waals surface area contributed by atoms with Crippen molar-refractivity contribution in [2.75, 3.05) is 0 Å². The molecule has 0 atom stereocenters. The summed E-state index contributed by atoms with van der Waals surface area (Å²) in [5, 5.41) is 3.76. The molecule has 1 aliphatic rings. The van der Waals surface area contributed by atoms with Gasteiger partial charge in [-0.2, -0.15) is 0 Å². The molecule has 2 heteroatoms. The summed E-state index contributed by atoms with van der Waals surface area (Å²) in [5.74, 6) is 0.916. The van der Waals surface area contributed by atoms with Crippen molar-refractivity contribution in [3.05, 3.63) is 21.9 Å². The lowest BCUT2D eigenvalue weighted by Crippen LogP contribution is -2.35. The maximum atomic E-state index is 3.76. The highest BCUT2D eigenvalue weighted by molar-refractivity contribution is 7.11. The third-order valence-corrected chi connectivity index (χ3v) is 5.81. The minimum atomic E-state index is 0.495. The smallest absolute Gasteiger partial charge is 0.0302 e. The van der Waals surface area contributed by atoms with Gasteiger partial charge in [-0.1, -0.05) is 27.7 Å². The molecule has 1 aromatic heterocycles. The van der Waals surface area contributed by atoms with E-state index in [-0.39, 0.29) is 0 Å². The molecule has 1 nitrogen and oxygen atoms in total. The van der Waals surface area contributed by atoms with Crippen LogP contribution >= 0.6 is 11.3 Å². The lowest BCUT2D eigenvalue weighted by atomic mass is 9.71. The Hall–Kier alpha value is -0.340.